The predicted octanol–water partition coefficient (Wildman–Crippen LogP) is 0.873. The molecule has 16 heavy (non-hydrogen) atoms. The first kappa shape index (κ1) is 12.7. The fourth-order valence-electron chi connectivity index (χ4n) is 0.998. The number of rotatable bonds is 7. The van der Waals surface area contributed by atoms with E-state index >= 15 is 0 Å². The van der Waals surface area contributed by atoms with E-state index in [0.29, 0.717) is 12.5 Å². The molecular weight excluding hydrogens is 212 g/mol. The molecule has 90 valence electrons. The van der Waals surface area contributed by atoms with Gasteiger partial charge in [-0.2, -0.15) is 4.98 Å². The fraction of sp³-hybridized carbons (Fsp3) is 0.600. The normalized spacial score (nSPS) is 10.5. The first-order chi connectivity index (χ1) is 7.80. The molecule has 0 atom stereocenters. The van der Waals surface area contributed by atoms with Crippen LogP contribution in [0.5, 0.6) is 11.9 Å². The van der Waals surface area contributed by atoms with Gasteiger partial charge in [-0.25, -0.2) is 4.98 Å². The van der Waals surface area contributed by atoms with Gasteiger partial charge in [0.1, 0.15) is 6.61 Å². The van der Waals surface area contributed by atoms with E-state index in [2.05, 4.69) is 9.97 Å². The molecule has 0 saturated heterocycles. The van der Waals surface area contributed by atoms with Gasteiger partial charge in [0.25, 0.3) is 0 Å². The van der Waals surface area contributed by atoms with Gasteiger partial charge in [-0.15, -0.1) is 0 Å². The molecule has 0 amide bonds. The van der Waals surface area contributed by atoms with Crippen molar-refractivity contribution in [3.8, 4) is 11.9 Å². The molecule has 1 heterocycles. The average molecular weight is 228 g/mol. The van der Waals surface area contributed by atoms with Gasteiger partial charge in [0, 0.05) is 26.5 Å². The number of hydrogen-bond donors (Lipinski definition) is 0. The summed E-state index contributed by atoms with van der Waals surface area (Å²) >= 11 is 0. The van der Waals surface area contributed by atoms with Crippen LogP contribution in [0.3, 0.4) is 0 Å². The second-order valence-corrected chi connectivity index (χ2v) is 2.82. The van der Waals surface area contributed by atoms with Gasteiger partial charge in [-0.1, -0.05) is 0 Å². The van der Waals surface area contributed by atoms with E-state index in [9.17, 15) is 0 Å². The van der Waals surface area contributed by atoms with Crippen molar-refractivity contribution < 1.29 is 18.9 Å². The summed E-state index contributed by atoms with van der Waals surface area (Å²) in [4.78, 5) is 7.97. The van der Waals surface area contributed by atoms with Gasteiger partial charge in [-0.3, -0.25) is 0 Å². The molecular formula is C10H16N2O4. The molecule has 6 heteroatoms. The summed E-state index contributed by atoms with van der Waals surface area (Å²) in [6.45, 7) is 2.66. The molecule has 0 fully saturated rings. The van der Waals surface area contributed by atoms with Crippen molar-refractivity contribution in [3.63, 3.8) is 0 Å². The highest BCUT2D eigenvalue weighted by molar-refractivity contribution is 5.10. The molecule has 0 N–H and O–H groups in total. The van der Waals surface area contributed by atoms with Gasteiger partial charge in [0.05, 0.1) is 6.61 Å². The lowest BCUT2D eigenvalue weighted by Gasteiger charge is -2.13. The van der Waals surface area contributed by atoms with Gasteiger partial charge in [0.15, 0.2) is 6.29 Å². The lowest BCUT2D eigenvalue weighted by atomic mass is 10.6. The number of nitrogens with zero attached hydrogens (tertiary/aromatic N) is 2. The first-order valence-electron chi connectivity index (χ1n) is 4.94. The van der Waals surface area contributed by atoms with Crippen LogP contribution in [0, 0.1) is 0 Å². The van der Waals surface area contributed by atoms with Crippen LogP contribution in [0.2, 0.25) is 0 Å². The molecule has 0 bridgehead atoms. The molecule has 0 aromatic carbocycles. The van der Waals surface area contributed by atoms with Crippen LogP contribution in [0.1, 0.15) is 6.92 Å². The molecule has 0 aliphatic carbocycles. The quantitative estimate of drug-likeness (QED) is 0.645. The zero-order valence-corrected chi connectivity index (χ0v) is 9.67. The third-order valence-corrected chi connectivity index (χ3v) is 1.77. The van der Waals surface area contributed by atoms with Crippen molar-refractivity contribution >= 4 is 0 Å². The molecule has 1 rings (SSSR count). The van der Waals surface area contributed by atoms with Crippen LogP contribution in [0.15, 0.2) is 12.3 Å². The molecule has 6 nitrogen and oxygen atoms in total. The molecule has 0 aliphatic rings. The smallest absolute Gasteiger partial charge is 0.319 e. The number of ether oxygens (including phenoxy) is 4. The Kier molecular flexibility index (Phi) is 5.52. The third kappa shape index (κ3) is 4.00. The van der Waals surface area contributed by atoms with E-state index in [0.717, 1.165) is 0 Å². The standard InChI is InChI=1S/C10H16N2O4/c1-4-15-8-5-6-11-10(12-8)16-7-9(13-2)14-3/h5-6,9H,4,7H2,1-3H3. The minimum absolute atomic E-state index is 0.225. The van der Waals surface area contributed by atoms with Crippen LogP contribution in [-0.2, 0) is 9.47 Å². The molecule has 1 aromatic rings. The maximum absolute atomic E-state index is 5.28. The maximum Gasteiger partial charge on any atom is 0.319 e. The topological polar surface area (TPSA) is 62.7 Å². The van der Waals surface area contributed by atoms with E-state index in [1.807, 2.05) is 6.92 Å². The Morgan fingerprint density at radius 2 is 2.00 bits per heavy atom. The van der Waals surface area contributed by atoms with Crippen molar-refractivity contribution in [1.29, 1.82) is 0 Å². The highest BCUT2D eigenvalue weighted by Crippen LogP contribution is 2.10. The van der Waals surface area contributed by atoms with Crippen molar-refractivity contribution in [2.75, 3.05) is 27.4 Å². The van der Waals surface area contributed by atoms with Crippen LogP contribution in [0.4, 0.5) is 0 Å². The zero-order chi connectivity index (χ0) is 11.8. The van der Waals surface area contributed by atoms with Crippen molar-refractivity contribution in [1.82, 2.24) is 9.97 Å². The van der Waals surface area contributed by atoms with Crippen molar-refractivity contribution in [2.45, 2.75) is 13.2 Å². The van der Waals surface area contributed by atoms with Crippen molar-refractivity contribution in [2.24, 2.45) is 0 Å². The Balaban J connectivity index is 2.49. The summed E-state index contributed by atoms with van der Waals surface area (Å²) in [7, 11) is 3.07. The monoisotopic (exact) mass is 228 g/mol. The lowest BCUT2D eigenvalue weighted by Crippen LogP contribution is -2.22. The Hall–Kier alpha value is -1.40. The molecule has 0 unspecified atom stereocenters. The van der Waals surface area contributed by atoms with E-state index in [1.165, 1.54) is 14.2 Å². The zero-order valence-electron chi connectivity index (χ0n) is 9.67. The molecule has 1 aromatic heterocycles. The van der Waals surface area contributed by atoms with Crippen molar-refractivity contribution in [3.05, 3.63) is 12.3 Å². The summed E-state index contributed by atoms with van der Waals surface area (Å²) in [5.41, 5.74) is 0. The summed E-state index contributed by atoms with van der Waals surface area (Å²) < 4.78 is 20.4. The van der Waals surface area contributed by atoms with Crippen LogP contribution in [0.25, 0.3) is 0 Å². The Morgan fingerprint density at radius 1 is 1.25 bits per heavy atom. The van der Waals surface area contributed by atoms with Crippen LogP contribution in [-0.4, -0.2) is 43.7 Å². The average Bonchev–Trinajstić information content (AvgIpc) is 2.31. The molecule has 0 spiro atoms. The first-order valence-corrected chi connectivity index (χ1v) is 4.94. The Bertz CT molecular complexity index is 305. The SMILES string of the molecule is CCOc1ccnc(OCC(OC)OC)n1. The number of methoxy groups -OCH3 is 2. The molecule has 0 aliphatic heterocycles. The van der Waals surface area contributed by atoms with Crippen LogP contribution >= 0.6 is 0 Å². The van der Waals surface area contributed by atoms with E-state index < -0.39 is 6.29 Å². The third-order valence-electron chi connectivity index (χ3n) is 1.77. The van der Waals surface area contributed by atoms with Gasteiger partial charge < -0.3 is 18.9 Å². The molecule has 0 saturated carbocycles. The van der Waals surface area contributed by atoms with E-state index in [1.54, 1.807) is 12.3 Å². The van der Waals surface area contributed by atoms with Gasteiger partial charge in [0.2, 0.25) is 5.88 Å². The minimum Gasteiger partial charge on any atom is -0.478 e. The second-order valence-electron chi connectivity index (χ2n) is 2.82. The summed E-state index contributed by atoms with van der Waals surface area (Å²) in [5, 5.41) is 0. The van der Waals surface area contributed by atoms with E-state index in [-0.39, 0.29) is 12.6 Å². The highest BCUT2D eigenvalue weighted by atomic mass is 16.7. The molecule has 0 radical (unpaired) electrons. The second kappa shape index (κ2) is 6.97. The van der Waals surface area contributed by atoms with Crippen LogP contribution < -0.4 is 9.47 Å². The lowest BCUT2D eigenvalue weighted by molar-refractivity contribution is -0.123. The Labute approximate surface area is 94.5 Å². The maximum atomic E-state index is 5.28. The number of hydrogen-bond acceptors (Lipinski definition) is 6. The van der Waals surface area contributed by atoms with E-state index in [4.69, 9.17) is 18.9 Å². The summed E-state index contributed by atoms with van der Waals surface area (Å²) in [6, 6.07) is 1.91. The highest BCUT2D eigenvalue weighted by Gasteiger charge is 2.07. The fourth-order valence-corrected chi connectivity index (χ4v) is 0.998. The van der Waals surface area contributed by atoms with Gasteiger partial charge >= 0.3 is 6.01 Å². The number of aromatic nitrogens is 2. The predicted molar refractivity (Wildman–Crippen MR) is 56.5 cm³/mol. The minimum atomic E-state index is -0.431. The Morgan fingerprint density at radius 3 is 2.62 bits per heavy atom. The summed E-state index contributed by atoms with van der Waals surface area (Å²) in [5.74, 6) is 0.485. The van der Waals surface area contributed by atoms with Gasteiger partial charge in [-0.05, 0) is 6.92 Å². The largest absolute Gasteiger partial charge is 0.478 e. The summed E-state index contributed by atoms with van der Waals surface area (Å²) in [6.07, 6.45) is 1.14.